The number of thiophene rings is 1. The Balaban J connectivity index is 2.08. The van der Waals surface area contributed by atoms with E-state index in [2.05, 4.69) is 5.32 Å². The van der Waals surface area contributed by atoms with Crippen LogP contribution in [0.25, 0.3) is 0 Å². The average Bonchev–Trinajstić information content (AvgIpc) is 2.74. The van der Waals surface area contributed by atoms with Gasteiger partial charge in [0.15, 0.2) is 0 Å². The molecule has 1 aliphatic rings. The summed E-state index contributed by atoms with van der Waals surface area (Å²) in [6, 6.07) is 3.14. The Morgan fingerprint density at radius 3 is 2.53 bits per heavy atom. The summed E-state index contributed by atoms with van der Waals surface area (Å²) in [6.07, 6.45) is -4.39. The van der Waals surface area contributed by atoms with Crippen LogP contribution in [0.4, 0.5) is 13.2 Å². The second-order valence-electron chi connectivity index (χ2n) is 3.51. The van der Waals surface area contributed by atoms with E-state index >= 15 is 0 Å². The molecule has 0 aliphatic heterocycles. The van der Waals surface area contributed by atoms with Crippen molar-refractivity contribution >= 4 is 17.2 Å². The van der Waals surface area contributed by atoms with Gasteiger partial charge in [-0.2, -0.15) is 13.2 Å². The molecule has 0 radical (unpaired) electrons. The molecule has 82 valence electrons. The van der Waals surface area contributed by atoms with Gasteiger partial charge in [0, 0.05) is 0 Å². The highest BCUT2D eigenvalue weighted by Crippen LogP contribution is 2.49. The van der Waals surface area contributed by atoms with Gasteiger partial charge in [-0.3, -0.25) is 4.79 Å². The van der Waals surface area contributed by atoms with Crippen LogP contribution in [-0.4, -0.2) is 17.6 Å². The lowest BCUT2D eigenvalue weighted by atomic mass is 10.2. The number of alkyl halides is 3. The second kappa shape index (κ2) is 3.23. The van der Waals surface area contributed by atoms with Crippen molar-refractivity contribution in [2.24, 2.45) is 0 Å². The normalized spacial score (nSPS) is 18.6. The zero-order valence-electron chi connectivity index (χ0n) is 7.60. The largest absolute Gasteiger partial charge is 0.411 e. The summed E-state index contributed by atoms with van der Waals surface area (Å²) in [4.78, 5) is 11.7. The standard InChI is InChI=1S/C9H8F3NOS/c10-9(11,12)8(3-4-8)13-7(14)6-2-1-5-15-6/h1-2,5H,3-4H2,(H,13,14). The maximum Gasteiger partial charge on any atom is 0.411 e. The number of nitrogens with one attached hydrogen (secondary N) is 1. The van der Waals surface area contributed by atoms with E-state index in [1.165, 1.54) is 6.07 Å². The van der Waals surface area contributed by atoms with Gasteiger partial charge in [0.2, 0.25) is 0 Å². The number of hydrogen-bond acceptors (Lipinski definition) is 2. The monoisotopic (exact) mass is 235 g/mol. The number of carbonyl (C=O) groups excluding carboxylic acids is 1. The van der Waals surface area contributed by atoms with Crippen LogP contribution in [0.2, 0.25) is 0 Å². The van der Waals surface area contributed by atoms with Crippen LogP contribution in [0.1, 0.15) is 22.5 Å². The van der Waals surface area contributed by atoms with Gasteiger partial charge >= 0.3 is 6.18 Å². The fourth-order valence-corrected chi connectivity index (χ4v) is 1.91. The predicted octanol–water partition coefficient (Wildman–Crippen LogP) is 2.57. The summed E-state index contributed by atoms with van der Waals surface area (Å²) in [5, 5.41) is 3.71. The SMILES string of the molecule is O=C(NC1(C(F)(F)F)CC1)c1cccs1. The zero-order chi connectivity index (χ0) is 11.1. The molecular weight excluding hydrogens is 227 g/mol. The average molecular weight is 235 g/mol. The highest BCUT2D eigenvalue weighted by Gasteiger charge is 2.64. The first-order valence-corrected chi connectivity index (χ1v) is 5.25. The topological polar surface area (TPSA) is 29.1 Å². The zero-order valence-corrected chi connectivity index (χ0v) is 8.41. The highest BCUT2D eigenvalue weighted by atomic mass is 32.1. The number of hydrogen-bond donors (Lipinski definition) is 1. The minimum atomic E-state index is -4.35. The Hall–Kier alpha value is -1.04. The third-order valence-electron chi connectivity index (χ3n) is 2.39. The molecule has 1 aromatic heterocycles. The Bertz CT molecular complexity index is 367. The molecule has 2 rings (SSSR count). The summed E-state index contributed by atoms with van der Waals surface area (Å²) >= 11 is 1.13. The van der Waals surface area contributed by atoms with E-state index in [0.717, 1.165) is 11.3 Å². The number of halogens is 3. The third kappa shape index (κ3) is 1.86. The van der Waals surface area contributed by atoms with Crippen molar-refractivity contribution in [3.05, 3.63) is 22.4 Å². The van der Waals surface area contributed by atoms with Crippen LogP contribution in [0.3, 0.4) is 0 Å². The molecule has 0 unspecified atom stereocenters. The summed E-state index contributed by atoms with van der Waals surface area (Å²) in [6.45, 7) is 0. The van der Waals surface area contributed by atoms with Crippen molar-refractivity contribution in [1.29, 1.82) is 0 Å². The molecule has 0 bridgehead atoms. The van der Waals surface area contributed by atoms with E-state index in [1.54, 1.807) is 11.4 Å². The van der Waals surface area contributed by atoms with Crippen molar-refractivity contribution in [3.8, 4) is 0 Å². The molecule has 2 nitrogen and oxygen atoms in total. The van der Waals surface area contributed by atoms with Gasteiger partial charge in [-0.25, -0.2) is 0 Å². The molecular formula is C9H8F3NOS. The van der Waals surface area contributed by atoms with Crippen LogP contribution in [0.5, 0.6) is 0 Å². The number of rotatable bonds is 2. The Morgan fingerprint density at radius 1 is 1.47 bits per heavy atom. The molecule has 0 saturated heterocycles. The van der Waals surface area contributed by atoms with Gasteiger partial charge in [0.05, 0.1) is 4.88 Å². The smallest absolute Gasteiger partial charge is 0.337 e. The molecule has 1 N–H and O–H groups in total. The first kappa shape index (κ1) is 10.5. The highest BCUT2D eigenvalue weighted by molar-refractivity contribution is 7.12. The molecule has 6 heteroatoms. The summed E-state index contributed by atoms with van der Waals surface area (Å²) < 4.78 is 37.5. The van der Waals surface area contributed by atoms with Gasteiger partial charge in [0.1, 0.15) is 5.54 Å². The predicted molar refractivity (Wildman–Crippen MR) is 49.8 cm³/mol. The van der Waals surface area contributed by atoms with Gasteiger partial charge in [-0.15, -0.1) is 11.3 Å². The minimum Gasteiger partial charge on any atom is -0.337 e. The third-order valence-corrected chi connectivity index (χ3v) is 3.26. The van der Waals surface area contributed by atoms with Crippen LogP contribution in [-0.2, 0) is 0 Å². The molecule has 1 aromatic rings. The van der Waals surface area contributed by atoms with Crippen molar-refractivity contribution in [2.45, 2.75) is 24.6 Å². The Labute approximate surface area is 88.1 Å². The maximum atomic E-state index is 12.5. The molecule has 1 amide bonds. The van der Waals surface area contributed by atoms with Crippen LogP contribution in [0.15, 0.2) is 17.5 Å². The first-order valence-electron chi connectivity index (χ1n) is 4.37. The fraction of sp³-hybridized carbons (Fsp3) is 0.444. The Morgan fingerprint density at radius 2 is 2.13 bits per heavy atom. The minimum absolute atomic E-state index is 0.0202. The van der Waals surface area contributed by atoms with Crippen molar-refractivity contribution < 1.29 is 18.0 Å². The lowest BCUT2D eigenvalue weighted by molar-refractivity contribution is -0.163. The van der Waals surface area contributed by atoms with Crippen LogP contribution >= 0.6 is 11.3 Å². The maximum absolute atomic E-state index is 12.5. The van der Waals surface area contributed by atoms with E-state index in [1.807, 2.05) is 0 Å². The Kier molecular flexibility index (Phi) is 2.26. The lowest BCUT2D eigenvalue weighted by Gasteiger charge is -2.20. The van der Waals surface area contributed by atoms with Crippen LogP contribution < -0.4 is 5.32 Å². The van der Waals surface area contributed by atoms with Crippen molar-refractivity contribution in [1.82, 2.24) is 5.32 Å². The molecule has 1 saturated carbocycles. The van der Waals surface area contributed by atoms with Crippen molar-refractivity contribution in [2.75, 3.05) is 0 Å². The van der Waals surface area contributed by atoms with E-state index < -0.39 is 17.6 Å². The molecule has 0 spiro atoms. The summed E-state index contributed by atoms with van der Waals surface area (Å²) in [5.74, 6) is -0.639. The van der Waals surface area contributed by atoms with Crippen LogP contribution in [0, 0.1) is 0 Å². The second-order valence-corrected chi connectivity index (χ2v) is 4.46. The van der Waals surface area contributed by atoms with E-state index in [4.69, 9.17) is 0 Å². The van der Waals surface area contributed by atoms with E-state index in [0.29, 0.717) is 4.88 Å². The van der Waals surface area contributed by atoms with Gasteiger partial charge in [0.25, 0.3) is 5.91 Å². The molecule has 0 atom stereocenters. The molecule has 1 aliphatic carbocycles. The van der Waals surface area contributed by atoms with Gasteiger partial charge < -0.3 is 5.32 Å². The first-order chi connectivity index (χ1) is 6.95. The number of amides is 1. The van der Waals surface area contributed by atoms with E-state index in [9.17, 15) is 18.0 Å². The van der Waals surface area contributed by atoms with Gasteiger partial charge in [-0.1, -0.05) is 6.07 Å². The molecule has 1 heterocycles. The van der Waals surface area contributed by atoms with E-state index in [-0.39, 0.29) is 12.8 Å². The molecule has 1 fully saturated rings. The van der Waals surface area contributed by atoms with Gasteiger partial charge in [-0.05, 0) is 24.3 Å². The summed E-state index contributed by atoms with van der Waals surface area (Å²) in [5.41, 5.74) is -1.96. The lowest BCUT2D eigenvalue weighted by Crippen LogP contribution is -2.47. The fourth-order valence-electron chi connectivity index (χ4n) is 1.29. The summed E-state index contributed by atoms with van der Waals surface area (Å²) in [7, 11) is 0. The molecule has 15 heavy (non-hydrogen) atoms. The van der Waals surface area contributed by atoms with Crippen molar-refractivity contribution in [3.63, 3.8) is 0 Å². The molecule has 0 aromatic carbocycles. The quantitative estimate of drug-likeness (QED) is 0.838. The number of carbonyl (C=O) groups is 1.